The SMILES string of the molecule is CC(C)Oc1cccc(C2(C)C3=C(CC(C)(C)CC3=O)Nc3ncc(I)c(Br)c32)c1. The van der Waals surface area contributed by atoms with Crippen molar-refractivity contribution in [1.29, 1.82) is 0 Å². The van der Waals surface area contributed by atoms with Gasteiger partial charge in [-0.3, -0.25) is 4.79 Å². The predicted molar refractivity (Wildman–Crippen MR) is 132 cm³/mol. The number of allylic oxidation sites excluding steroid dienone is 2. The molecule has 158 valence electrons. The van der Waals surface area contributed by atoms with Crippen molar-refractivity contribution >= 4 is 50.1 Å². The number of ketones is 1. The van der Waals surface area contributed by atoms with E-state index in [0.717, 1.165) is 48.4 Å². The summed E-state index contributed by atoms with van der Waals surface area (Å²) in [6, 6.07) is 8.13. The molecule has 1 atom stereocenters. The number of hydrogen-bond donors (Lipinski definition) is 1. The second-order valence-electron chi connectivity index (χ2n) is 9.38. The summed E-state index contributed by atoms with van der Waals surface area (Å²) in [5.74, 6) is 1.82. The molecule has 2 aliphatic rings. The molecule has 30 heavy (non-hydrogen) atoms. The number of benzene rings is 1. The van der Waals surface area contributed by atoms with E-state index in [1.165, 1.54) is 0 Å². The number of pyridine rings is 1. The molecule has 6 heteroatoms. The Kier molecular flexibility index (Phi) is 5.54. The van der Waals surface area contributed by atoms with Gasteiger partial charge in [0.15, 0.2) is 5.78 Å². The number of Topliss-reactive ketones (excluding diaryl/α,β-unsaturated/α-hetero) is 1. The van der Waals surface area contributed by atoms with Crippen LogP contribution in [0.2, 0.25) is 0 Å². The van der Waals surface area contributed by atoms with Gasteiger partial charge in [0.25, 0.3) is 0 Å². The number of carbonyl (C=O) groups is 1. The molecule has 1 aliphatic heterocycles. The van der Waals surface area contributed by atoms with Crippen LogP contribution in [-0.2, 0) is 10.2 Å². The Labute approximate surface area is 200 Å². The molecule has 0 radical (unpaired) electrons. The monoisotopic (exact) mass is 580 g/mol. The van der Waals surface area contributed by atoms with Crippen LogP contribution in [-0.4, -0.2) is 16.9 Å². The van der Waals surface area contributed by atoms with Crippen LogP contribution in [0.3, 0.4) is 0 Å². The Morgan fingerprint density at radius 1 is 1.23 bits per heavy atom. The third-order valence-electron chi connectivity index (χ3n) is 5.90. The summed E-state index contributed by atoms with van der Waals surface area (Å²) in [5.41, 5.74) is 3.16. The summed E-state index contributed by atoms with van der Waals surface area (Å²) in [6.45, 7) is 10.5. The Morgan fingerprint density at radius 2 is 1.97 bits per heavy atom. The molecule has 0 spiro atoms. The molecule has 1 N–H and O–H groups in total. The Bertz CT molecular complexity index is 1080. The first-order chi connectivity index (χ1) is 14.0. The van der Waals surface area contributed by atoms with Crippen LogP contribution in [0.5, 0.6) is 5.75 Å². The standard InChI is InChI=1S/C24H26BrIN2O2/c1-13(2)30-15-8-6-7-14(9-15)24(5)19-17(10-23(3,4)11-18(19)29)28-22-20(24)21(25)16(26)12-27-22/h6-9,12-13H,10-11H2,1-5H3,(H,27,28). The molecule has 0 saturated heterocycles. The molecule has 2 aromatic rings. The van der Waals surface area contributed by atoms with Crippen molar-refractivity contribution in [3.05, 3.63) is 60.9 Å². The number of hydrogen-bond acceptors (Lipinski definition) is 4. The normalized spacial score (nSPS) is 22.5. The molecule has 1 aliphatic carbocycles. The number of fused-ring (bicyclic) bond motifs is 1. The van der Waals surface area contributed by atoms with Gasteiger partial charge in [-0.2, -0.15) is 0 Å². The summed E-state index contributed by atoms with van der Waals surface area (Å²) in [5, 5.41) is 3.51. The molecule has 1 aromatic heterocycles. The van der Waals surface area contributed by atoms with Crippen molar-refractivity contribution in [2.75, 3.05) is 5.32 Å². The van der Waals surface area contributed by atoms with Crippen molar-refractivity contribution < 1.29 is 9.53 Å². The van der Waals surface area contributed by atoms with E-state index < -0.39 is 5.41 Å². The number of aromatic nitrogens is 1. The zero-order valence-electron chi connectivity index (χ0n) is 17.9. The topological polar surface area (TPSA) is 51.2 Å². The number of nitrogens with zero attached hydrogens (tertiary/aromatic N) is 1. The van der Waals surface area contributed by atoms with E-state index in [1.54, 1.807) is 0 Å². The summed E-state index contributed by atoms with van der Waals surface area (Å²) in [6.07, 6.45) is 3.29. The van der Waals surface area contributed by atoms with Crippen LogP contribution >= 0.6 is 38.5 Å². The van der Waals surface area contributed by atoms with Crippen molar-refractivity contribution in [2.45, 2.75) is 59.0 Å². The zero-order valence-corrected chi connectivity index (χ0v) is 21.6. The van der Waals surface area contributed by atoms with Gasteiger partial charge >= 0.3 is 0 Å². The van der Waals surface area contributed by atoms with Gasteiger partial charge in [0.2, 0.25) is 0 Å². The number of carbonyl (C=O) groups excluding carboxylic acids is 1. The summed E-state index contributed by atoms with van der Waals surface area (Å²) in [4.78, 5) is 18.2. The Hall–Kier alpha value is -1.41. The minimum atomic E-state index is -0.632. The van der Waals surface area contributed by atoms with Gasteiger partial charge in [-0.1, -0.05) is 26.0 Å². The highest BCUT2D eigenvalue weighted by Gasteiger charge is 2.49. The third kappa shape index (κ3) is 3.60. The number of halogens is 2. The highest BCUT2D eigenvalue weighted by Crippen LogP contribution is 2.54. The van der Waals surface area contributed by atoms with E-state index in [1.807, 2.05) is 32.2 Å². The van der Waals surface area contributed by atoms with Crippen molar-refractivity contribution in [3.8, 4) is 5.75 Å². The molecule has 0 saturated carbocycles. The Balaban J connectivity index is 2.01. The molecular weight excluding hydrogens is 555 g/mol. The smallest absolute Gasteiger partial charge is 0.162 e. The molecule has 1 aromatic carbocycles. The predicted octanol–water partition coefficient (Wildman–Crippen LogP) is 6.61. The van der Waals surface area contributed by atoms with Crippen molar-refractivity contribution in [3.63, 3.8) is 0 Å². The lowest BCUT2D eigenvalue weighted by atomic mass is 9.62. The van der Waals surface area contributed by atoms with Gasteiger partial charge < -0.3 is 10.1 Å². The van der Waals surface area contributed by atoms with Crippen LogP contribution in [0.4, 0.5) is 5.82 Å². The second-order valence-corrected chi connectivity index (χ2v) is 11.3. The molecule has 2 heterocycles. The van der Waals surface area contributed by atoms with Gasteiger partial charge in [0, 0.05) is 37.5 Å². The second kappa shape index (κ2) is 7.62. The zero-order chi connectivity index (χ0) is 21.8. The summed E-state index contributed by atoms with van der Waals surface area (Å²) in [7, 11) is 0. The van der Waals surface area contributed by atoms with Gasteiger partial charge in [-0.25, -0.2) is 4.98 Å². The first-order valence-electron chi connectivity index (χ1n) is 10.2. The van der Waals surface area contributed by atoms with Crippen LogP contribution in [0.15, 0.2) is 46.2 Å². The lowest BCUT2D eigenvalue weighted by molar-refractivity contribution is -0.118. The number of ether oxygens (including phenoxy) is 1. The minimum Gasteiger partial charge on any atom is -0.491 e. The van der Waals surface area contributed by atoms with Gasteiger partial charge in [-0.05, 0) is 88.8 Å². The highest BCUT2D eigenvalue weighted by molar-refractivity contribution is 14.1. The molecular formula is C24H26BrIN2O2. The molecule has 1 unspecified atom stereocenters. The molecule has 0 fully saturated rings. The van der Waals surface area contributed by atoms with Gasteiger partial charge in [0.05, 0.1) is 11.5 Å². The molecule has 0 amide bonds. The quantitative estimate of drug-likeness (QED) is 0.415. The maximum atomic E-state index is 13.5. The highest BCUT2D eigenvalue weighted by atomic mass is 127. The van der Waals surface area contributed by atoms with E-state index in [0.29, 0.717) is 6.42 Å². The summed E-state index contributed by atoms with van der Waals surface area (Å²) >= 11 is 6.09. The fourth-order valence-electron chi connectivity index (χ4n) is 4.73. The first kappa shape index (κ1) is 21.8. The molecule has 0 bridgehead atoms. The fraction of sp³-hybridized carbons (Fsp3) is 0.417. The van der Waals surface area contributed by atoms with Crippen LogP contribution in [0, 0.1) is 8.99 Å². The number of anilines is 1. The van der Waals surface area contributed by atoms with Crippen molar-refractivity contribution in [1.82, 2.24) is 4.98 Å². The van der Waals surface area contributed by atoms with E-state index >= 15 is 0 Å². The maximum absolute atomic E-state index is 13.5. The van der Waals surface area contributed by atoms with E-state index in [4.69, 9.17) is 9.72 Å². The van der Waals surface area contributed by atoms with Crippen LogP contribution in [0.25, 0.3) is 0 Å². The average Bonchev–Trinajstić information content (AvgIpc) is 2.62. The van der Waals surface area contributed by atoms with E-state index in [2.05, 4.69) is 76.7 Å². The molecule has 4 rings (SSSR count). The maximum Gasteiger partial charge on any atom is 0.162 e. The van der Waals surface area contributed by atoms with Gasteiger partial charge in [0.1, 0.15) is 11.6 Å². The fourth-order valence-corrected chi connectivity index (χ4v) is 5.83. The summed E-state index contributed by atoms with van der Waals surface area (Å²) < 4.78 is 7.97. The van der Waals surface area contributed by atoms with Crippen molar-refractivity contribution in [2.24, 2.45) is 5.41 Å². The third-order valence-corrected chi connectivity index (χ3v) is 8.28. The minimum absolute atomic E-state index is 0.0783. The largest absolute Gasteiger partial charge is 0.491 e. The van der Waals surface area contributed by atoms with E-state index in [9.17, 15) is 4.79 Å². The molecule has 4 nitrogen and oxygen atoms in total. The van der Waals surface area contributed by atoms with Crippen LogP contribution < -0.4 is 10.1 Å². The number of rotatable bonds is 3. The first-order valence-corrected chi connectivity index (χ1v) is 12.1. The van der Waals surface area contributed by atoms with Gasteiger partial charge in [-0.15, -0.1) is 0 Å². The Morgan fingerprint density at radius 3 is 2.67 bits per heavy atom. The number of nitrogens with one attached hydrogen (secondary N) is 1. The lowest BCUT2D eigenvalue weighted by Gasteiger charge is -2.45. The van der Waals surface area contributed by atoms with E-state index in [-0.39, 0.29) is 17.3 Å². The lowest BCUT2D eigenvalue weighted by Crippen LogP contribution is -2.42. The van der Waals surface area contributed by atoms with Crippen LogP contribution in [0.1, 0.15) is 58.6 Å². The average molecular weight is 581 g/mol.